The van der Waals surface area contributed by atoms with E-state index in [0.29, 0.717) is 5.82 Å². The Morgan fingerprint density at radius 3 is 2.59 bits per heavy atom. The molecule has 1 aliphatic heterocycles. The van der Waals surface area contributed by atoms with E-state index in [1.54, 1.807) is 24.3 Å². The van der Waals surface area contributed by atoms with Crippen LogP contribution < -0.4 is 16.4 Å². The van der Waals surface area contributed by atoms with E-state index in [-0.39, 0.29) is 11.0 Å². The molecule has 4 N–H and O–H groups in total. The van der Waals surface area contributed by atoms with Gasteiger partial charge in [-0.3, -0.25) is 4.90 Å². The summed E-state index contributed by atoms with van der Waals surface area (Å²) in [6, 6.07) is 8.38. The van der Waals surface area contributed by atoms with Gasteiger partial charge in [-0.05, 0) is 36.4 Å². The van der Waals surface area contributed by atoms with Crippen LogP contribution in [0, 0.1) is 0 Å². The summed E-state index contributed by atoms with van der Waals surface area (Å²) in [6.07, 6.45) is 7.94. The lowest BCUT2D eigenvalue weighted by Crippen LogP contribution is -2.57. The lowest BCUT2D eigenvalue weighted by molar-refractivity contribution is -0.0307. The van der Waals surface area contributed by atoms with Crippen molar-refractivity contribution in [2.24, 2.45) is 5.73 Å². The number of urea groups is 1. The number of aromatic nitrogens is 2. The van der Waals surface area contributed by atoms with Gasteiger partial charge in [0.05, 0.1) is 0 Å². The molecule has 0 saturated heterocycles. The normalized spacial score (nSPS) is 19.1. The number of nitrogens with two attached hydrogens (primary N) is 1. The van der Waals surface area contributed by atoms with E-state index in [1.165, 1.54) is 24.5 Å². The van der Waals surface area contributed by atoms with Gasteiger partial charge >= 0.3 is 11.2 Å². The van der Waals surface area contributed by atoms with Gasteiger partial charge in [-0.2, -0.15) is 9.97 Å². The molecule has 3 rings (SSSR count). The molecule has 2 aromatic rings. The molecule has 0 aliphatic carbocycles. The van der Waals surface area contributed by atoms with Gasteiger partial charge in [0.1, 0.15) is 17.9 Å². The molecule has 1 aliphatic rings. The molecular formula is C18H19BrN6O3S. The van der Waals surface area contributed by atoms with Crippen LogP contribution in [0.25, 0.3) is 0 Å². The van der Waals surface area contributed by atoms with E-state index in [0.717, 1.165) is 10.2 Å². The average Bonchev–Trinajstić information content (AvgIpc) is 2.69. The van der Waals surface area contributed by atoms with Crippen molar-refractivity contribution in [3.05, 3.63) is 59.2 Å². The maximum absolute atomic E-state index is 12.0. The first-order valence-corrected chi connectivity index (χ1v) is 10.7. The number of methoxy groups -OCH3 is 1. The molecule has 0 spiro atoms. The molecule has 0 fully saturated rings. The number of carbonyl (C=O) groups excluding carboxylic acids is 1. The Morgan fingerprint density at radius 1 is 1.28 bits per heavy atom. The average molecular weight is 479 g/mol. The van der Waals surface area contributed by atoms with Crippen molar-refractivity contribution >= 4 is 50.5 Å². The number of anilines is 3. The Morgan fingerprint density at radius 2 is 1.97 bits per heavy atom. The molecule has 29 heavy (non-hydrogen) atoms. The summed E-state index contributed by atoms with van der Waals surface area (Å²) in [5, 5.41) is 6.29. The van der Waals surface area contributed by atoms with Crippen molar-refractivity contribution in [1.29, 1.82) is 0 Å². The van der Waals surface area contributed by atoms with Crippen molar-refractivity contribution in [1.82, 2.24) is 14.9 Å². The number of allylic oxidation sites excluding steroid dienone is 2. The minimum absolute atomic E-state index is 0.113. The summed E-state index contributed by atoms with van der Waals surface area (Å²) >= 11 is 1.95. The fraction of sp³-hybridized carbons (Fsp3) is 0.167. The molecule has 1 aromatic carbocycles. The molecule has 11 heteroatoms. The predicted octanol–water partition coefficient (Wildman–Crippen LogP) is 2.90. The number of rotatable bonds is 6. The van der Waals surface area contributed by atoms with Gasteiger partial charge in [-0.25, -0.2) is 4.79 Å². The second-order valence-electron chi connectivity index (χ2n) is 5.94. The van der Waals surface area contributed by atoms with Gasteiger partial charge in [0, 0.05) is 40.7 Å². The summed E-state index contributed by atoms with van der Waals surface area (Å²) in [7, 11) is 1.42. The Hall–Kier alpha value is -2.60. The Kier molecular flexibility index (Phi) is 6.42. The molecule has 2 atom stereocenters. The first-order valence-electron chi connectivity index (χ1n) is 8.36. The van der Waals surface area contributed by atoms with Gasteiger partial charge < -0.3 is 25.7 Å². The van der Waals surface area contributed by atoms with E-state index < -0.39 is 23.1 Å². The van der Waals surface area contributed by atoms with Gasteiger partial charge in [-0.1, -0.05) is 22.0 Å². The van der Waals surface area contributed by atoms with E-state index >= 15 is 0 Å². The standard InChI is InChI=1S/C18H19BrN6O3S/c1-28-18(9-3-4-10-25(18)16(20)26)24-15-11-14(22-17(23-15)29(2)27)21-13-7-5-12(19)6-8-13/h3-11H,1-2H3,(H2,20,26)(H2,21,22,23,24). The monoisotopic (exact) mass is 478 g/mol. The highest BCUT2D eigenvalue weighted by Crippen LogP contribution is 2.27. The summed E-state index contributed by atoms with van der Waals surface area (Å²) in [5.74, 6) is -0.684. The smallest absolute Gasteiger partial charge is 0.346 e. The van der Waals surface area contributed by atoms with Gasteiger partial charge in [0.15, 0.2) is 0 Å². The fourth-order valence-corrected chi connectivity index (χ4v) is 3.33. The van der Waals surface area contributed by atoms with Crippen LogP contribution in [0.15, 0.2) is 64.4 Å². The summed E-state index contributed by atoms with van der Waals surface area (Å²) < 4.78 is 18.5. The van der Waals surface area contributed by atoms with Gasteiger partial charge in [0.2, 0.25) is 5.85 Å². The first kappa shape index (κ1) is 21.1. The van der Waals surface area contributed by atoms with Crippen LogP contribution in [0.2, 0.25) is 0 Å². The molecular weight excluding hydrogens is 460 g/mol. The highest BCUT2D eigenvalue weighted by molar-refractivity contribution is 9.10. The minimum atomic E-state index is -1.44. The zero-order valence-electron chi connectivity index (χ0n) is 15.6. The second-order valence-corrected chi connectivity index (χ2v) is 8.13. The van der Waals surface area contributed by atoms with Crippen LogP contribution in [0.3, 0.4) is 0 Å². The zero-order valence-corrected chi connectivity index (χ0v) is 18.0. The van der Waals surface area contributed by atoms with E-state index in [9.17, 15) is 9.35 Å². The third-order valence-corrected chi connectivity index (χ3v) is 5.19. The third kappa shape index (κ3) is 4.88. The number of hydrogen-bond acceptors (Lipinski definition) is 7. The second kappa shape index (κ2) is 8.82. The molecule has 1 aromatic heterocycles. The van der Waals surface area contributed by atoms with Crippen LogP contribution >= 0.6 is 15.9 Å². The highest BCUT2D eigenvalue weighted by atomic mass is 79.9. The maximum atomic E-state index is 12.0. The summed E-state index contributed by atoms with van der Waals surface area (Å²) in [6.45, 7) is 0. The molecule has 2 unspecified atom stereocenters. The van der Waals surface area contributed by atoms with Crippen LogP contribution in [-0.4, -0.2) is 44.7 Å². The summed E-state index contributed by atoms with van der Waals surface area (Å²) in [4.78, 5) is 21.6. The third-order valence-electron chi connectivity index (χ3n) is 3.96. The van der Waals surface area contributed by atoms with Crippen molar-refractivity contribution in [2.75, 3.05) is 24.0 Å². The van der Waals surface area contributed by atoms with Crippen LogP contribution in [-0.2, 0) is 15.9 Å². The van der Waals surface area contributed by atoms with E-state index in [4.69, 9.17) is 10.5 Å². The van der Waals surface area contributed by atoms with Crippen LogP contribution in [0.5, 0.6) is 0 Å². The quantitative estimate of drug-likeness (QED) is 0.330. The minimum Gasteiger partial charge on any atom is -0.609 e. The van der Waals surface area contributed by atoms with E-state index in [1.807, 2.05) is 24.3 Å². The Bertz CT molecular complexity index is 953. The SMILES string of the molecule is COC1(Nc2cc(Nc3ccc(Br)cc3)nc([S+](C)[O-])n2)C=CC=CN1C(N)=O. The number of amides is 2. The number of ether oxygens (including phenoxy) is 1. The van der Waals surface area contributed by atoms with Crippen molar-refractivity contribution < 1.29 is 14.1 Å². The molecule has 152 valence electrons. The molecule has 2 heterocycles. The van der Waals surface area contributed by atoms with Gasteiger partial charge in [0.25, 0.3) is 0 Å². The van der Waals surface area contributed by atoms with Crippen LogP contribution in [0.4, 0.5) is 22.1 Å². The molecule has 0 radical (unpaired) electrons. The van der Waals surface area contributed by atoms with Gasteiger partial charge in [-0.15, -0.1) is 0 Å². The number of carbonyl (C=O) groups is 1. The van der Waals surface area contributed by atoms with Crippen molar-refractivity contribution in [2.45, 2.75) is 11.0 Å². The number of halogens is 1. The number of hydrogen-bond donors (Lipinski definition) is 3. The number of benzene rings is 1. The lowest BCUT2D eigenvalue weighted by atomic mass is 10.2. The maximum Gasteiger partial charge on any atom is 0.346 e. The molecule has 0 bridgehead atoms. The molecule has 0 saturated carbocycles. The predicted molar refractivity (Wildman–Crippen MR) is 115 cm³/mol. The topological polar surface area (TPSA) is 128 Å². The zero-order chi connectivity index (χ0) is 21.0. The van der Waals surface area contributed by atoms with Crippen molar-refractivity contribution in [3.8, 4) is 0 Å². The van der Waals surface area contributed by atoms with Crippen LogP contribution in [0.1, 0.15) is 0 Å². The number of nitrogens with one attached hydrogen (secondary N) is 2. The first-order chi connectivity index (χ1) is 13.8. The highest BCUT2D eigenvalue weighted by Gasteiger charge is 2.38. The van der Waals surface area contributed by atoms with Crippen molar-refractivity contribution in [3.63, 3.8) is 0 Å². The van der Waals surface area contributed by atoms with E-state index in [2.05, 4.69) is 36.5 Å². The largest absolute Gasteiger partial charge is 0.609 e. The number of primary amides is 1. The molecule has 2 amide bonds. The Labute approximate surface area is 179 Å². The number of nitrogens with zero attached hydrogens (tertiary/aromatic N) is 3. The summed E-state index contributed by atoms with van der Waals surface area (Å²) in [5.41, 5.74) is 6.26. The molecule has 9 nitrogen and oxygen atoms in total. The lowest BCUT2D eigenvalue weighted by Gasteiger charge is -2.39. The Balaban J connectivity index is 1.96. The fourth-order valence-electron chi connectivity index (χ4n) is 2.62.